The van der Waals surface area contributed by atoms with Crippen molar-refractivity contribution in [1.82, 2.24) is 5.32 Å². The molecular formula is C15H16N2. The van der Waals surface area contributed by atoms with Crippen LogP contribution in [0.1, 0.15) is 18.4 Å². The first-order chi connectivity index (χ1) is 8.36. The summed E-state index contributed by atoms with van der Waals surface area (Å²) in [6.07, 6.45) is 0. The lowest BCUT2D eigenvalue weighted by atomic mass is 9.94. The minimum Gasteiger partial charge on any atom is -0.371 e. The maximum atomic E-state index is 4.52. The monoisotopic (exact) mass is 224 g/mol. The molecule has 1 heterocycles. The van der Waals surface area contributed by atoms with Crippen molar-refractivity contribution >= 4 is 16.6 Å². The maximum absolute atomic E-state index is 4.52. The average molecular weight is 224 g/mol. The quantitative estimate of drug-likeness (QED) is 0.833. The van der Waals surface area contributed by atoms with E-state index in [1.165, 1.54) is 16.3 Å². The van der Waals surface area contributed by atoms with Gasteiger partial charge in [-0.3, -0.25) is 4.99 Å². The molecule has 0 aromatic heterocycles. The highest BCUT2D eigenvalue weighted by molar-refractivity contribution is 5.95. The van der Waals surface area contributed by atoms with Crippen molar-refractivity contribution in [3.05, 3.63) is 48.0 Å². The Labute approximate surface area is 101 Å². The van der Waals surface area contributed by atoms with Gasteiger partial charge in [0.05, 0.1) is 6.54 Å². The van der Waals surface area contributed by atoms with Crippen molar-refractivity contribution in [2.24, 2.45) is 4.99 Å². The third-order valence-corrected chi connectivity index (χ3v) is 3.40. The van der Waals surface area contributed by atoms with E-state index in [-0.39, 0.29) is 0 Å². The van der Waals surface area contributed by atoms with E-state index in [1.807, 2.05) is 0 Å². The van der Waals surface area contributed by atoms with Crippen LogP contribution in [0.25, 0.3) is 10.8 Å². The van der Waals surface area contributed by atoms with Crippen LogP contribution in [0.4, 0.5) is 0 Å². The van der Waals surface area contributed by atoms with E-state index in [4.69, 9.17) is 0 Å². The molecule has 0 saturated carbocycles. The highest BCUT2D eigenvalue weighted by Crippen LogP contribution is 2.26. The smallest absolute Gasteiger partial charge is 0.104 e. The van der Waals surface area contributed by atoms with E-state index in [2.05, 4.69) is 59.7 Å². The van der Waals surface area contributed by atoms with Gasteiger partial charge in [-0.25, -0.2) is 0 Å². The third-order valence-electron chi connectivity index (χ3n) is 3.40. The summed E-state index contributed by atoms with van der Waals surface area (Å²) in [5.41, 5.74) is 1.36. The SMILES string of the molecule is C[C@H](C1=NCCN1)c1cccc2ccccc12. The molecule has 0 radical (unpaired) electrons. The number of hydrogen-bond acceptors (Lipinski definition) is 2. The van der Waals surface area contributed by atoms with Crippen LogP contribution in [0.5, 0.6) is 0 Å². The molecule has 1 aliphatic rings. The number of nitrogens with zero attached hydrogens (tertiary/aromatic N) is 1. The Bertz CT molecular complexity index is 567. The molecule has 0 saturated heterocycles. The summed E-state index contributed by atoms with van der Waals surface area (Å²) in [5.74, 6) is 1.48. The Balaban J connectivity index is 2.10. The number of amidine groups is 1. The van der Waals surface area contributed by atoms with Crippen molar-refractivity contribution in [2.75, 3.05) is 13.1 Å². The predicted octanol–water partition coefficient (Wildman–Crippen LogP) is 2.95. The minimum atomic E-state index is 0.351. The molecule has 3 rings (SSSR count). The summed E-state index contributed by atoms with van der Waals surface area (Å²) >= 11 is 0. The Morgan fingerprint density at radius 2 is 1.94 bits per heavy atom. The average Bonchev–Trinajstić information content (AvgIpc) is 2.91. The summed E-state index contributed by atoms with van der Waals surface area (Å²) in [6, 6.07) is 15.0. The molecule has 0 unspecified atom stereocenters. The lowest BCUT2D eigenvalue weighted by Gasteiger charge is -2.15. The standard InChI is InChI=1S/C15H16N2/c1-11(15-16-9-10-17-15)13-8-4-6-12-5-2-3-7-14(12)13/h2-8,11H,9-10H2,1H3,(H,16,17)/t11-/m0/s1. The normalized spacial score (nSPS) is 16.6. The van der Waals surface area contributed by atoms with Crippen LogP contribution in [-0.2, 0) is 0 Å². The molecule has 0 spiro atoms. The van der Waals surface area contributed by atoms with Crippen molar-refractivity contribution in [1.29, 1.82) is 0 Å². The lowest BCUT2D eigenvalue weighted by Crippen LogP contribution is -2.24. The molecule has 1 aliphatic heterocycles. The topological polar surface area (TPSA) is 24.4 Å². The molecule has 0 bridgehead atoms. The van der Waals surface area contributed by atoms with E-state index < -0.39 is 0 Å². The van der Waals surface area contributed by atoms with Crippen LogP contribution in [0.2, 0.25) is 0 Å². The number of nitrogens with one attached hydrogen (secondary N) is 1. The number of fused-ring (bicyclic) bond motifs is 1. The van der Waals surface area contributed by atoms with Crippen molar-refractivity contribution in [3.63, 3.8) is 0 Å². The van der Waals surface area contributed by atoms with E-state index in [1.54, 1.807) is 0 Å². The van der Waals surface area contributed by atoms with Crippen molar-refractivity contribution < 1.29 is 0 Å². The number of benzene rings is 2. The first-order valence-electron chi connectivity index (χ1n) is 6.12. The second kappa shape index (κ2) is 4.21. The highest BCUT2D eigenvalue weighted by atomic mass is 15.1. The van der Waals surface area contributed by atoms with Gasteiger partial charge in [0.2, 0.25) is 0 Å². The van der Waals surface area contributed by atoms with Gasteiger partial charge >= 0.3 is 0 Å². The summed E-state index contributed by atoms with van der Waals surface area (Å²) in [7, 11) is 0. The number of hydrogen-bond donors (Lipinski definition) is 1. The zero-order valence-corrected chi connectivity index (χ0v) is 9.98. The second-order valence-corrected chi connectivity index (χ2v) is 4.48. The predicted molar refractivity (Wildman–Crippen MR) is 72.7 cm³/mol. The summed E-state index contributed by atoms with van der Waals surface area (Å²) in [5, 5.41) is 6.00. The molecule has 0 fully saturated rings. The fraction of sp³-hybridized carbons (Fsp3) is 0.267. The van der Waals surface area contributed by atoms with Crippen molar-refractivity contribution in [3.8, 4) is 0 Å². The summed E-state index contributed by atoms with van der Waals surface area (Å²) in [6.45, 7) is 4.10. The van der Waals surface area contributed by atoms with E-state index in [0.717, 1.165) is 18.9 Å². The van der Waals surface area contributed by atoms with Gasteiger partial charge in [0.15, 0.2) is 0 Å². The molecule has 0 aliphatic carbocycles. The van der Waals surface area contributed by atoms with Crippen LogP contribution < -0.4 is 5.32 Å². The van der Waals surface area contributed by atoms with Gasteiger partial charge in [0.25, 0.3) is 0 Å². The molecule has 1 atom stereocenters. The first-order valence-corrected chi connectivity index (χ1v) is 6.12. The zero-order valence-electron chi connectivity index (χ0n) is 9.98. The molecule has 2 aromatic rings. The largest absolute Gasteiger partial charge is 0.371 e. The van der Waals surface area contributed by atoms with Crippen LogP contribution in [-0.4, -0.2) is 18.9 Å². The molecule has 1 N–H and O–H groups in total. The second-order valence-electron chi connectivity index (χ2n) is 4.48. The van der Waals surface area contributed by atoms with E-state index in [9.17, 15) is 0 Å². The van der Waals surface area contributed by atoms with Crippen LogP contribution in [0.15, 0.2) is 47.5 Å². The van der Waals surface area contributed by atoms with Gasteiger partial charge < -0.3 is 5.32 Å². The van der Waals surface area contributed by atoms with Crippen LogP contribution in [0.3, 0.4) is 0 Å². The van der Waals surface area contributed by atoms with Crippen molar-refractivity contribution in [2.45, 2.75) is 12.8 Å². The third kappa shape index (κ3) is 1.80. The Kier molecular flexibility index (Phi) is 2.56. The van der Waals surface area contributed by atoms with E-state index in [0.29, 0.717) is 5.92 Å². The van der Waals surface area contributed by atoms with Gasteiger partial charge in [-0.2, -0.15) is 0 Å². The van der Waals surface area contributed by atoms with Crippen LogP contribution >= 0.6 is 0 Å². The van der Waals surface area contributed by atoms with Gasteiger partial charge in [0, 0.05) is 12.5 Å². The molecule has 86 valence electrons. The Morgan fingerprint density at radius 1 is 1.12 bits per heavy atom. The molecule has 2 aromatic carbocycles. The maximum Gasteiger partial charge on any atom is 0.104 e. The number of rotatable bonds is 2. The highest BCUT2D eigenvalue weighted by Gasteiger charge is 2.17. The summed E-state index contributed by atoms with van der Waals surface area (Å²) < 4.78 is 0. The Hall–Kier alpha value is -1.83. The first kappa shape index (κ1) is 10.3. The molecule has 2 nitrogen and oxygen atoms in total. The van der Waals surface area contributed by atoms with E-state index >= 15 is 0 Å². The molecule has 2 heteroatoms. The van der Waals surface area contributed by atoms with Crippen LogP contribution in [0, 0.1) is 0 Å². The van der Waals surface area contributed by atoms with Gasteiger partial charge in [0.1, 0.15) is 5.84 Å². The molecule has 17 heavy (non-hydrogen) atoms. The Morgan fingerprint density at radius 3 is 2.76 bits per heavy atom. The molecular weight excluding hydrogens is 208 g/mol. The molecule has 0 amide bonds. The lowest BCUT2D eigenvalue weighted by molar-refractivity contribution is 0.923. The van der Waals surface area contributed by atoms with Gasteiger partial charge in [-0.1, -0.05) is 49.4 Å². The summed E-state index contributed by atoms with van der Waals surface area (Å²) in [4.78, 5) is 4.52. The fourth-order valence-electron chi connectivity index (χ4n) is 2.48. The zero-order chi connectivity index (χ0) is 11.7. The van der Waals surface area contributed by atoms with Gasteiger partial charge in [-0.15, -0.1) is 0 Å². The number of aliphatic imine (C=N–C) groups is 1. The minimum absolute atomic E-state index is 0.351. The van der Waals surface area contributed by atoms with Gasteiger partial charge in [-0.05, 0) is 16.3 Å². The fourth-order valence-corrected chi connectivity index (χ4v) is 2.48.